The van der Waals surface area contributed by atoms with Crippen molar-refractivity contribution in [2.75, 3.05) is 11.9 Å². The molecular formula is C19H20N4O2. The number of rotatable bonds is 5. The van der Waals surface area contributed by atoms with Crippen molar-refractivity contribution in [2.45, 2.75) is 26.1 Å². The van der Waals surface area contributed by atoms with Gasteiger partial charge in [0.25, 0.3) is 0 Å². The molecule has 0 bridgehead atoms. The molecule has 25 heavy (non-hydrogen) atoms. The number of nitrogens with zero attached hydrogens (tertiary/aromatic N) is 3. The molecule has 0 saturated carbocycles. The Hall–Kier alpha value is -2.86. The molecule has 0 radical (unpaired) electrons. The summed E-state index contributed by atoms with van der Waals surface area (Å²) in [4.78, 5) is 0. The van der Waals surface area contributed by atoms with E-state index in [0.717, 1.165) is 35.7 Å². The van der Waals surface area contributed by atoms with Crippen LogP contribution in [0.3, 0.4) is 0 Å². The van der Waals surface area contributed by atoms with Gasteiger partial charge < -0.3 is 15.2 Å². The van der Waals surface area contributed by atoms with Crippen molar-refractivity contribution in [3.05, 3.63) is 65.5 Å². The lowest BCUT2D eigenvalue weighted by Crippen LogP contribution is -2.03. The molecule has 1 aliphatic heterocycles. The lowest BCUT2D eigenvalue weighted by Gasteiger charge is -2.12. The molecule has 1 atom stereocenters. The van der Waals surface area contributed by atoms with Crippen molar-refractivity contribution in [3.8, 4) is 11.4 Å². The highest BCUT2D eigenvalue weighted by Gasteiger charge is 2.15. The predicted octanol–water partition coefficient (Wildman–Crippen LogP) is 2.87. The highest BCUT2D eigenvalue weighted by atomic mass is 16.5. The summed E-state index contributed by atoms with van der Waals surface area (Å²) in [6, 6.07) is 13.7. The molecule has 0 spiro atoms. The van der Waals surface area contributed by atoms with Crippen LogP contribution in [0.1, 0.15) is 29.8 Å². The number of aliphatic hydroxyl groups excluding tert-OH is 1. The molecule has 6 nitrogen and oxygen atoms in total. The molecule has 0 fully saturated rings. The molecule has 3 aromatic rings. The third kappa shape index (κ3) is 3.21. The van der Waals surface area contributed by atoms with Crippen molar-refractivity contribution >= 4 is 5.69 Å². The second-order valence-electron chi connectivity index (χ2n) is 6.17. The zero-order valence-corrected chi connectivity index (χ0v) is 14.0. The van der Waals surface area contributed by atoms with Gasteiger partial charge in [0.15, 0.2) is 0 Å². The number of hydrogen-bond donors (Lipinski definition) is 2. The summed E-state index contributed by atoms with van der Waals surface area (Å²) in [6.07, 6.45) is 2.74. The van der Waals surface area contributed by atoms with E-state index < -0.39 is 0 Å². The van der Waals surface area contributed by atoms with Gasteiger partial charge in [-0.25, -0.2) is 4.68 Å². The monoisotopic (exact) mass is 336 g/mol. The Morgan fingerprint density at radius 3 is 2.88 bits per heavy atom. The van der Waals surface area contributed by atoms with E-state index in [1.54, 1.807) is 4.68 Å². The maximum absolute atomic E-state index is 9.09. The Morgan fingerprint density at radius 2 is 2.08 bits per heavy atom. The van der Waals surface area contributed by atoms with Crippen molar-refractivity contribution in [3.63, 3.8) is 0 Å². The normalized spacial score (nSPS) is 14.0. The van der Waals surface area contributed by atoms with E-state index >= 15 is 0 Å². The Labute approximate surface area is 146 Å². The van der Waals surface area contributed by atoms with Gasteiger partial charge in [-0.3, -0.25) is 0 Å². The minimum atomic E-state index is -0.221. The van der Waals surface area contributed by atoms with Gasteiger partial charge in [0, 0.05) is 12.2 Å². The van der Waals surface area contributed by atoms with Crippen LogP contribution in [0.15, 0.2) is 48.7 Å². The average molecular weight is 336 g/mol. The molecule has 2 heterocycles. The third-order valence-electron chi connectivity index (χ3n) is 4.41. The average Bonchev–Trinajstić information content (AvgIpc) is 3.31. The number of fused-ring (bicyclic) bond motifs is 1. The maximum Gasteiger partial charge on any atom is 0.141 e. The third-order valence-corrected chi connectivity index (χ3v) is 4.41. The lowest BCUT2D eigenvalue weighted by atomic mass is 10.1. The first-order valence-electron chi connectivity index (χ1n) is 8.39. The first kappa shape index (κ1) is 15.7. The molecule has 0 aliphatic carbocycles. The van der Waals surface area contributed by atoms with Gasteiger partial charge in [0.05, 0.1) is 18.5 Å². The van der Waals surface area contributed by atoms with Gasteiger partial charge in [-0.2, -0.15) is 0 Å². The van der Waals surface area contributed by atoms with Crippen molar-refractivity contribution < 1.29 is 9.84 Å². The van der Waals surface area contributed by atoms with Crippen LogP contribution in [0.5, 0.6) is 5.75 Å². The number of ether oxygens (including phenoxy) is 1. The number of aliphatic hydroxyl groups is 1. The van der Waals surface area contributed by atoms with Crippen molar-refractivity contribution in [1.82, 2.24) is 15.0 Å². The molecule has 6 heteroatoms. The summed E-state index contributed by atoms with van der Waals surface area (Å²) >= 11 is 0. The zero-order chi connectivity index (χ0) is 17.2. The van der Waals surface area contributed by atoms with Crippen LogP contribution in [0.4, 0.5) is 5.69 Å². The predicted molar refractivity (Wildman–Crippen MR) is 95.0 cm³/mol. The van der Waals surface area contributed by atoms with Crippen LogP contribution in [0.2, 0.25) is 0 Å². The van der Waals surface area contributed by atoms with E-state index in [9.17, 15) is 0 Å². The summed E-state index contributed by atoms with van der Waals surface area (Å²) in [6.45, 7) is 2.96. The van der Waals surface area contributed by atoms with Crippen LogP contribution in [-0.4, -0.2) is 26.6 Å². The van der Waals surface area contributed by atoms with Crippen LogP contribution >= 0.6 is 0 Å². The van der Waals surface area contributed by atoms with Crippen molar-refractivity contribution in [1.29, 1.82) is 0 Å². The highest BCUT2D eigenvalue weighted by molar-refractivity contribution is 5.60. The highest BCUT2D eigenvalue weighted by Crippen LogP contribution is 2.26. The van der Waals surface area contributed by atoms with E-state index in [1.165, 1.54) is 11.3 Å². The van der Waals surface area contributed by atoms with Gasteiger partial charge >= 0.3 is 0 Å². The number of aromatic nitrogens is 3. The molecular weight excluding hydrogens is 316 g/mol. The fourth-order valence-electron chi connectivity index (χ4n) is 2.95. The van der Waals surface area contributed by atoms with E-state index in [4.69, 9.17) is 9.84 Å². The standard InChI is InChI=1S/C19H20N4O2/c1-13(25-17-6-2-14(12-24)3-7-17)19-11-23(22-21-19)16-5-4-15-8-9-20-18(15)10-16/h2-7,10-11,13,20,24H,8-9,12H2,1H3. The van der Waals surface area contributed by atoms with E-state index in [1.807, 2.05) is 37.4 Å². The van der Waals surface area contributed by atoms with E-state index in [0.29, 0.717) is 0 Å². The molecule has 2 N–H and O–H groups in total. The van der Waals surface area contributed by atoms with Gasteiger partial charge in [-0.1, -0.05) is 23.4 Å². The Kier molecular flexibility index (Phi) is 4.11. The van der Waals surface area contributed by atoms with Gasteiger partial charge in [0.2, 0.25) is 0 Å². The quantitative estimate of drug-likeness (QED) is 0.749. The summed E-state index contributed by atoms with van der Waals surface area (Å²) < 4.78 is 7.68. The first-order valence-corrected chi connectivity index (χ1v) is 8.39. The summed E-state index contributed by atoms with van der Waals surface area (Å²) in [5, 5.41) is 20.9. The second kappa shape index (κ2) is 6.57. The maximum atomic E-state index is 9.09. The summed E-state index contributed by atoms with van der Waals surface area (Å²) in [5.74, 6) is 0.737. The van der Waals surface area contributed by atoms with Crippen molar-refractivity contribution in [2.24, 2.45) is 0 Å². The number of anilines is 1. The van der Waals surface area contributed by atoms with Gasteiger partial charge in [-0.05, 0) is 48.7 Å². The fourth-order valence-corrected chi connectivity index (χ4v) is 2.95. The number of nitrogens with one attached hydrogen (secondary N) is 1. The molecule has 4 rings (SSSR count). The molecule has 2 aromatic carbocycles. The SMILES string of the molecule is CC(Oc1ccc(CO)cc1)c1cn(-c2ccc3c(c2)NCC3)nn1. The molecule has 1 aromatic heterocycles. The smallest absolute Gasteiger partial charge is 0.141 e. The molecule has 0 saturated heterocycles. The largest absolute Gasteiger partial charge is 0.484 e. The Balaban J connectivity index is 1.50. The second-order valence-corrected chi connectivity index (χ2v) is 6.17. The molecule has 0 amide bonds. The molecule has 1 aliphatic rings. The Morgan fingerprint density at radius 1 is 1.24 bits per heavy atom. The minimum Gasteiger partial charge on any atom is -0.484 e. The lowest BCUT2D eigenvalue weighted by molar-refractivity contribution is 0.221. The first-order chi connectivity index (χ1) is 12.2. The zero-order valence-electron chi connectivity index (χ0n) is 14.0. The van der Waals surface area contributed by atoms with Crippen LogP contribution < -0.4 is 10.1 Å². The molecule has 128 valence electrons. The van der Waals surface area contributed by atoms with Crippen LogP contribution in [-0.2, 0) is 13.0 Å². The number of hydrogen-bond acceptors (Lipinski definition) is 5. The van der Waals surface area contributed by atoms with E-state index in [-0.39, 0.29) is 12.7 Å². The summed E-state index contributed by atoms with van der Waals surface area (Å²) in [5.41, 5.74) is 5.11. The van der Waals surface area contributed by atoms with Crippen LogP contribution in [0, 0.1) is 0 Å². The van der Waals surface area contributed by atoms with Gasteiger partial charge in [-0.15, -0.1) is 5.10 Å². The van der Waals surface area contributed by atoms with E-state index in [2.05, 4.69) is 33.8 Å². The Bertz CT molecular complexity index is 873. The number of benzene rings is 2. The fraction of sp³-hybridized carbons (Fsp3) is 0.263. The minimum absolute atomic E-state index is 0.0276. The topological polar surface area (TPSA) is 72.2 Å². The van der Waals surface area contributed by atoms with Gasteiger partial charge in [0.1, 0.15) is 17.5 Å². The summed E-state index contributed by atoms with van der Waals surface area (Å²) in [7, 11) is 0. The van der Waals surface area contributed by atoms with Crippen LogP contribution in [0.25, 0.3) is 5.69 Å². The molecule has 1 unspecified atom stereocenters.